The number of hydrogen-bond donors (Lipinski definition) is 0. The molecule has 0 amide bonds. The fourth-order valence-corrected chi connectivity index (χ4v) is 2.44. The largest absolute Gasteiger partial charge is 0.454 e. The smallest absolute Gasteiger partial charge is 0.231 e. The van der Waals surface area contributed by atoms with E-state index >= 15 is 0 Å². The first-order valence-corrected chi connectivity index (χ1v) is 6.96. The third kappa shape index (κ3) is 3.40. The van der Waals surface area contributed by atoms with E-state index < -0.39 is 0 Å². The zero-order valence-electron chi connectivity index (χ0n) is 10.3. The van der Waals surface area contributed by atoms with Crippen LogP contribution < -0.4 is 9.47 Å². The minimum Gasteiger partial charge on any atom is -0.454 e. The van der Waals surface area contributed by atoms with Gasteiger partial charge in [-0.05, 0) is 30.4 Å². The summed E-state index contributed by atoms with van der Waals surface area (Å²) in [5, 5.41) is 0. The van der Waals surface area contributed by atoms with Crippen LogP contribution in [0.5, 0.6) is 11.5 Å². The topological polar surface area (TPSA) is 44.8 Å². The van der Waals surface area contributed by atoms with E-state index in [1.165, 1.54) is 0 Å². The zero-order valence-corrected chi connectivity index (χ0v) is 11.1. The third-order valence-corrected chi connectivity index (χ3v) is 3.61. The summed E-state index contributed by atoms with van der Waals surface area (Å²) < 4.78 is 15.4. The van der Waals surface area contributed by atoms with Crippen LogP contribution in [0.3, 0.4) is 0 Å². The lowest BCUT2D eigenvalue weighted by Gasteiger charge is -2.03. The van der Waals surface area contributed by atoms with Crippen molar-refractivity contribution in [2.45, 2.75) is 6.42 Å². The molecule has 98 valence electrons. The van der Waals surface area contributed by atoms with Gasteiger partial charge in [0, 0.05) is 19.3 Å². The van der Waals surface area contributed by atoms with Crippen LogP contribution in [-0.4, -0.2) is 37.8 Å². The van der Waals surface area contributed by atoms with Crippen molar-refractivity contribution < 1.29 is 19.0 Å². The molecule has 0 bridgehead atoms. The summed E-state index contributed by atoms with van der Waals surface area (Å²) in [5.74, 6) is 2.91. The maximum Gasteiger partial charge on any atom is 0.231 e. The van der Waals surface area contributed by atoms with Crippen LogP contribution in [0.4, 0.5) is 0 Å². The highest BCUT2D eigenvalue weighted by atomic mass is 32.2. The van der Waals surface area contributed by atoms with Gasteiger partial charge in [0.1, 0.15) is 0 Å². The zero-order chi connectivity index (χ0) is 12.8. The van der Waals surface area contributed by atoms with Crippen molar-refractivity contribution >= 4 is 17.5 Å². The van der Waals surface area contributed by atoms with Crippen LogP contribution >= 0.6 is 11.8 Å². The van der Waals surface area contributed by atoms with Gasteiger partial charge in [-0.2, -0.15) is 11.8 Å². The standard InChI is InChI=1S/C13H16O4S/c1-15-5-2-6-18-8-11(14)10-3-4-12-13(7-10)17-9-16-12/h3-4,7H,2,5-6,8-9H2,1H3. The number of hydrogen-bond acceptors (Lipinski definition) is 5. The van der Waals surface area contributed by atoms with E-state index in [2.05, 4.69) is 0 Å². The molecule has 18 heavy (non-hydrogen) atoms. The summed E-state index contributed by atoms with van der Waals surface area (Å²) >= 11 is 1.63. The van der Waals surface area contributed by atoms with Crippen LogP contribution in [0.2, 0.25) is 0 Å². The van der Waals surface area contributed by atoms with E-state index in [0.29, 0.717) is 22.8 Å². The van der Waals surface area contributed by atoms with Crippen molar-refractivity contribution in [3.05, 3.63) is 23.8 Å². The molecule has 0 unspecified atom stereocenters. The van der Waals surface area contributed by atoms with Gasteiger partial charge in [-0.25, -0.2) is 0 Å². The Labute approximate surface area is 111 Å². The van der Waals surface area contributed by atoms with Gasteiger partial charge in [-0.3, -0.25) is 4.79 Å². The molecule has 1 aliphatic heterocycles. The molecule has 0 saturated carbocycles. The molecule has 0 atom stereocenters. The Bertz CT molecular complexity index is 419. The van der Waals surface area contributed by atoms with Crippen LogP contribution in [-0.2, 0) is 4.74 Å². The Morgan fingerprint density at radius 2 is 2.22 bits per heavy atom. The summed E-state index contributed by atoms with van der Waals surface area (Å²) in [4.78, 5) is 11.9. The number of ketones is 1. The van der Waals surface area contributed by atoms with Gasteiger partial charge in [0.05, 0.1) is 5.75 Å². The molecule has 0 fully saturated rings. The molecule has 1 aliphatic rings. The van der Waals surface area contributed by atoms with Gasteiger partial charge in [0.15, 0.2) is 17.3 Å². The molecule has 0 saturated heterocycles. The fraction of sp³-hybridized carbons (Fsp3) is 0.462. The fourth-order valence-electron chi connectivity index (χ4n) is 1.62. The molecular weight excluding hydrogens is 252 g/mol. The van der Waals surface area contributed by atoms with Gasteiger partial charge in [0.25, 0.3) is 0 Å². The number of thioether (sulfide) groups is 1. The molecule has 4 nitrogen and oxygen atoms in total. The molecule has 0 aromatic heterocycles. The number of Topliss-reactive ketones (excluding diaryl/α,β-unsaturated/α-hetero) is 1. The van der Waals surface area contributed by atoms with Crippen molar-refractivity contribution in [2.75, 3.05) is 32.0 Å². The first-order valence-electron chi connectivity index (χ1n) is 5.81. The van der Waals surface area contributed by atoms with Gasteiger partial charge in [-0.1, -0.05) is 0 Å². The number of methoxy groups -OCH3 is 1. The van der Waals surface area contributed by atoms with E-state index in [0.717, 1.165) is 18.8 Å². The normalized spacial score (nSPS) is 12.7. The van der Waals surface area contributed by atoms with Crippen molar-refractivity contribution in [3.8, 4) is 11.5 Å². The number of rotatable bonds is 7. The maximum atomic E-state index is 11.9. The summed E-state index contributed by atoms with van der Waals surface area (Å²) in [6, 6.07) is 5.32. The third-order valence-electron chi connectivity index (χ3n) is 2.56. The lowest BCUT2D eigenvalue weighted by Crippen LogP contribution is -2.03. The first-order chi connectivity index (χ1) is 8.81. The second-order valence-corrected chi connectivity index (χ2v) is 5.00. The average Bonchev–Trinajstić information content (AvgIpc) is 2.85. The van der Waals surface area contributed by atoms with E-state index in [1.54, 1.807) is 37.1 Å². The molecule has 1 heterocycles. The average molecular weight is 268 g/mol. The molecule has 2 rings (SSSR count). The van der Waals surface area contributed by atoms with Crippen LogP contribution in [0.15, 0.2) is 18.2 Å². The molecule has 1 aromatic rings. The number of ether oxygens (including phenoxy) is 3. The van der Waals surface area contributed by atoms with Gasteiger partial charge >= 0.3 is 0 Å². The quantitative estimate of drug-likeness (QED) is 0.561. The predicted molar refractivity (Wildman–Crippen MR) is 70.7 cm³/mol. The number of carbonyl (C=O) groups excluding carboxylic acids is 1. The minimum atomic E-state index is 0.121. The summed E-state index contributed by atoms with van der Waals surface area (Å²) in [6.45, 7) is 0.976. The van der Waals surface area contributed by atoms with Crippen LogP contribution in [0.1, 0.15) is 16.8 Å². The summed E-state index contributed by atoms with van der Waals surface area (Å²) in [7, 11) is 1.68. The van der Waals surface area contributed by atoms with E-state index in [9.17, 15) is 4.79 Å². The Morgan fingerprint density at radius 3 is 3.06 bits per heavy atom. The van der Waals surface area contributed by atoms with E-state index in [1.807, 2.05) is 0 Å². The first kappa shape index (κ1) is 13.2. The van der Waals surface area contributed by atoms with E-state index in [-0.39, 0.29) is 12.6 Å². The van der Waals surface area contributed by atoms with Gasteiger partial charge in [-0.15, -0.1) is 0 Å². The molecule has 0 radical (unpaired) electrons. The maximum absolute atomic E-state index is 11.9. The lowest BCUT2D eigenvalue weighted by molar-refractivity contribution is 0.102. The predicted octanol–water partition coefficient (Wildman–Crippen LogP) is 2.37. The SMILES string of the molecule is COCCCSCC(=O)c1ccc2c(c1)OCO2. The highest BCUT2D eigenvalue weighted by Gasteiger charge is 2.15. The molecular formula is C13H16O4S. The Balaban J connectivity index is 1.82. The van der Waals surface area contributed by atoms with E-state index in [4.69, 9.17) is 14.2 Å². The minimum absolute atomic E-state index is 0.121. The second kappa shape index (κ2) is 6.66. The van der Waals surface area contributed by atoms with Crippen molar-refractivity contribution in [3.63, 3.8) is 0 Å². The summed E-state index contributed by atoms with van der Waals surface area (Å²) in [6.07, 6.45) is 0.968. The van der Waals surface area contributed by atoms with Gasteiger partial charge in [0.2, 0.25) is 6.79 Å². The Hall–Kier alpha value is -1.20. The lowest BCUT2D eigenvalue weighted by atomic mass is 10.1. The number of fused-ring (bicyclic) bond motifs is 1. The van der Waals surface area contributed by atoms with Crippen LogP contribution in [0.25, 0.3) is 0 Å². The van der Waals surface area contributed by atoms with Crippen molar-refractivity contribution in [1.29, 1.82) is 0 Å². The molecule has 5 heteroatoms. The van der Waals surface area contributed by atoms with Gasteiger partial charge < -0.3 is 14.2 Å². The van der Waals surface area contributed by atoms with Crippen molar-refractivity contribution in [1.82, 2.24) is 0 Å². The van der Waals surface area contributed by atoms with Crippen LogP contribution in [0, 0.1) is 0 Å². The Kier molecular flexibility index (Phi) is 4.90. The molecule has 0 aliphatic carbocycles. The second-order valence-electron chi connectivity index (χ2n) is 3.89. The highest BCUT2D eigenvalue weighted by Crippen LogP contribution is 2.32. The van der Waals surface area contributed by atoms with Crippen molar-refractivity contribution in [2.24, 2.45) is 0 Å². The monoisotopic (exact) mass is 268 g/mol. The molecule has 0 N–H and O–H groups in total. The number of carbonyl (C=O) groups is 1. The molecule has 0 spiro atoms. The number of benzene rings is 1. The highest BCUT2D eigenvalue weighted by molar-refractivity contribution is 7.99. The Morgan fingerprint density at radius 1 is 1.39 bits per heavy atom. The summed E-state index contributed by atoms with van der Waals surface area (Å²) in [5.41, 5.74) is 0.679. The molecule has 1 aromatic carbocycles.